The fraction of sp³-hybridized carbons (Fsp3) is 0.905. The summed E-state index contributed by atoms with van der Waals surface area (Å²) < 4.78 is 103. The van der Waals surface area contributed by atoms with E-state index in [1.54, 1.807) is 0 Å². The number of esters is 2. The first kappa shape index (κ1) is 100. The molecule has 4 saturated carbocycles. The van der Waals surface area contributed by atoms with Crippen LogP contribution < -0.4 is 0 Å². The third-order valence-corrected chi connectivity index (χ3v) is 30.4. The summed E-state index contributed by atoms with van der Waals surface area (Å²) in [6.45, 7) is 15.9. The number of ether oxygens (including phenoxy) is 17. The van der Waals surface area contributed by atoms with Gasteiger partial charge in [0.1, 0.15) is 171 Å². The third kappa shape index (κ3) is 19.0. The lowest BCUT2D eigenvalue weighted by Crippen LogP contribution is -2.69. The molecule has 5 aliphatic carbocycles. The molecule has 126 heavy (non-hydrogen) atoms. The largest absolute Gasteiger partial charge is 0.459 e. The molecule has 0 amide bonds. The second-order valence-corrected chi connectivity index (χ2v) is 39.2. The maximum absolute atomic E-state index is 16.4. The van der Waals surface area contributed by atoms with E-state index in [0.717, 1.165) is 5.57 Å². The van der Waals surface area contributed by atoms with Gasteiger partial charge >= 0.3 is 11.9 Å². The molecule has 0 aromatic carbocycles. The van der Waals surface area contributed by atoms with E-state index in [0.29, 0.717) is 44.9 Å². The van der Waals surface area contributed by atoms with Crippen molar-refractivity contribution in [1.82, 2.24) is 0 Å². The van der Waals surface area contributed by atoms with Crippen LogP contribution in [0.2, 0.25) is 0 Å². The molecule has 13 aliphatic rings. The highest BCUT2D eigenvalue weighted by Crippen LogP contribution is 2.76. The van der Waals surface area contributed by atoms with Gasteiger partial charge in [-0.25, -0.2) is 4.79 Å². The van der Waals surface area contributed by atoms with Crippen molar-refractivity contribution in [1.29, 1.82) is 0 Å². The van der Waals surface area contributed by atoms with Crippen molar-refractivity contribution in [2.75, 3.05) is 52.9 Å². The minimum Gasteiger partial charge on any atom is -0.459 e. The molecule has 46 atom stereocenters. The minimum atomic E-state index is -2.30. The smallest absolute Gasteiger partial charge is 0.336 e. The van der Waals surface area contributed by atoms with E-state index >= 15 is 4.79 Å². The van der Waals surface area contributed by atoms with Gasteiger partial charge in [-0.2, -0.15) is 0 Å². The molecule has 8 aliphatic heterocycles. The Balaban J connectivity index is 0.766. The van der Waals surface area contributed by atoms with Gasteiger partial charge in [0, 0.05) is 0 Å². The second-order valence-electron chi connectivity index (χ2n) is 39.2. The molecule has 0 unspecified atom stereocenters. The van der Waals surface area contributed by atoms with Gasteiger partial charge in [0.25, 0.3) is 0 Å². The number of rotatable bonds is 26. The second kappa shape index (κ2) is 39.2. The fourth-order valence-corrected chi connectivity index (χ4v) is 22.4. The Bertz CT molecular complexity index is 3730. The lowest BCUT2D eigenvalue weighted by atomic mass is 9.33. The summed E-state index contributed by atoms with van der Waals surface area (Å²) in [4.78, 5) is 30.3. The summed E-state index contributed by atoms with van der Waals surface area (Å²) in [5, 5.41) is 257. The zero-order chi connectivity index (χ0) is 92.1. The molecule has 0 bridgehead atoms. The van der Waals surface area contributed by atoms with Crippen molar-refractivity contribution in [2.24, 2.45) is 50.2 Å². The molecular formula is C84H134O42. The van der Waals surface area contributed by atoms with Gasteiger partial charge in [0.15, 0.2) is 50.1 Å². The molecule has 8 saturated heterocycles. The maximum atomic E-state index is 16.4. The highest BCUT2D eigenvalue weighted by atomic mass is 16.8. The van der Waals surface area contributed by atoms with E-state index in [1.807, 2.05) is 0 Å². The molecule has 13 rings (SSSR count). The predicted molar refractivity (Wildman–Crippen MR) is 418 cm³/mol. The van der Waals surface area contributed by atoms with Crippen LogP contribution >= 0.6 is 0 Å². The van der Waals surface area contributed by atoms with E-state index in [4.69, 9.17) is 80.5 Å². The van der Waals surface area contributed by atoms with Crippen molar-refractivity contribution >= 4 is 11.9 Å². The molecule has 722 valence electrons. The summed E-state index contributed by atoms with van der Waals surface area (Å²) >= 11 is 0. The monoisotopic (exact) mass is 1810 g/mol. The molecular weight excluding hydrogens is 1680 g/mol. The van der Waals surface area contributed by atoms with E-state index < -0.39 is 342 Å². The van der Waals surface area contributed by atoms with E-state index in [2.05, 4.69) is 61.1 Å². The molecule has 0 aromatic heterocycles. The highest BCUT2D eigenvalue weighted by Gasteiger charge is 2.73. The first-order valence-electron chi connectivity index (χ1n) is 43.7. The number of fused-ring (bicyclic) bond motifs is 7. The summed E-state index contributed by atoms with van der Waals surface area (Å²) in [6.07, 6.45) is -59.6. The first-order chi connectivity index (χ1) is 59.1. The number of hydrogen-bond acceptors (Lipinski definition) is 42. The van der Waals surface area contributed by atoms with Gasteiger partial charge in [-0.15, -0.1) is 6.58 Å². The summed E-state index contributed by atoms with van der Waals surface area (Å²) in [5.41, 5.74) is -5.66. The number of hydrogen-bond donors (Lipinski definition) is 23. The molecule has 8 heterocycles. The van der Waals surface area contributed by atoms with Crippen LogP contribution in [0.25, 0.3) is 0 Å². The van der Waals surface area contributed by atoms with Crippen LogP contribution in [0.1, 0.15) is 133 Å². The zero-order valence-corrected chi connectivity index (χ0v) is 72.1. The third-order valence-electron chi connectivity index (χ3n) is 30.4. The number of carbonyl (C=O) groups excluding carboxylic acids is 2. The van der Waals surface area contributed by atoms with E-state index in [1.165, 1.54) is 26.0 Å². The van der Waals surface area contributed by atoms with Gasteiger partial charge in [0.05, 0.1) is 75.7 Å². The quantitative estimate of drug-likeness (QED) is 0.0166. The van der Waals surface area contributed by atoms with E-state index in [-0.39, 0.29) is 43.1 Å². The Hall–Kier alpha value is -3.36. The SMILES string of the molecule is C=C[C@@](C)(O)CC/C=C(\CO)C(=O)OC[C@H]1O[C@@H](OC(=O)[C@]23CCC(C)(C)C[C@H]2C2=CC[C@@H]4[C@@]5(C)CC[C@H](O[C@@H]6O[C@H](CO[C@@H]7OC[C@H](O)[C@H](O)[C@H]7O[C@@H]7OC[C@@H](O)[C@H](O)[C@H]7O)[C@@H](O)[C@H](O)[C@H]6O)C(C)(C)[C@@H]5CC[C@@]4(C)[C@]2(C)C[C@H]3O)[C@H](O[C@@H]2O[C@@H](C)[C@H](O[C@@H]3OC[C@@H](O)[C@H](O[C@H]4OC[C@@H](O)[C@H](O)[C@H]4O)[C@H]3O)[C@@H](O)[C@H]2O[C@@H]2O[C@H](CO)[C@H](O)[C@H](O)[C@H]2O)[C@@H](O)[C@@H]1O. The Kier molecular flexibility index (Phi) is 31.1. The van der Waals surface area contributed by atoms with Crippen molar-refractivity contribution in [3.05, 3.63) is 36.0 Å². The average Bonchev–Trinajstić information content (AvgIpc) is 0.669. The van der Waals surface area contributed by atoms with Crippen LogP contribution in [0.15, 0.2) is 36.0 Å². The minimum absolute atomic E-state index is 0.00743. The molecule has 0 spiro atoms. The predicted octanol–water partition coefficient (Wildman–Crippen LogP) is -7.00. The number of allylic oxidation sites excluding steroid dienone is 3. The van der Waals surface area contributed by atoms with Gasteiger partial charge in [0.2, 0.25) is 6.29 Å². The van der Waals surface area contributed by atoms with Crippen molar-refractivity contribution < 1.29 is 208 Å². The summed E-state index contributed by atoms with van der Waals surface area (Å²) in [7, 11) is 0. The molecule has 12 fully saturated rings. The Labute approximate surface area is 727 Å². The lowest BCUT2D eigenvalue weighted by Gasteiger charge is -2.71. The molecule has 42 nitrogen and oxygen atoms in total. The molecule has 0 aromatic rings. The van der Waals surface area contributed by atoms with Crippen molar-refractivity contribution in [2.45, 2.75) is 372 Å². The van der Waals surface area contributed by atoms with E-state index in [9.17, 15) is 122 Å². The van der Waals surface area contributed by atoms with Crippen LogP contribution in [0.4, 0.5) is 0 Å². The van der Waals surface area contributed by atoms with Gasteiger partial charge in [-0.1, -0.05) is 72.3 Å². The Morgan fingerprint density at radius 3 is 1.63 bits per heavy atom. The van der Waals surface area contributed by atoms with Crippen LogP contribution in [-0.2, 0) is 90.1 Å². The fourth-order valence-electron chi connectivity index (χ4n) is 22.4. The lowest BCUT2D eigenvalue weighted by molar-refractivity contribution is -0.401. The molecule has 42 heteroatoms. The number of aliphatic hydroxyl groups excluding tert-OH is 22. The molecule has 23 N–H and O–H groups in total. The number of aliphatic hydroxyl groups is 23. The highest BCUT2D eigenvalue weighted by molar-refractivity contribution is 5.88. The average molecular weight is 1820 g/mol. The summed E-state index contributed by atoms with van der Waals surface area (Å²) in [5.74, 6) is -3.13. The summed E-state index contributed by atoms with van der Waals surface area (Å²) in [6, 6.07) is 0. The topological polar surface area (TPSA) is 656 Å². The number of carbonyl (C=O) groups is 2. The van der Waals surface area contributed by atoms with Crippen LogP contribution in [-0.4, -0.2) is 421 Å². The zero-order valence-electron chi connectivity index (χ0n) is 72.1. The van der Waals surface area contributed by atoms with Gasteiger partial charge < -0.3 is 198 Å². The van der Waals surface area contributed by atoms with Gasteiger partial charge in [-0.3, -0.25) is 4.79 Å². The maximum Gasteiger partial charge on any atom is 0.336 e. The standard InChI is InChI=1S/C84H134O42/c1-11-80(7,109)18-12-13-34(25-85)68(107)110-31-42-53(97)56(100)66(125-75-67(124-73-60(104)54(98)51(95)41(26-86)117-73)61(105)63(33(2)116-75)121-71-62(106)64(40(90)30-113-71)122-69-57(101)48(92)37(87)27-111-69)76(119-42)126-77(108)84-22-21-78(3,4)23-36(84)35-14-15-45-81(8)19-17-47(79(5,6)44(81)16-20-82(45,9)83(35,10)24-46(84)91)120-72-59(103)55(99)52(96)43(118-72)32-115-74-65(50(94)39(89)29-114-74)123-70-58(102)49(93)38(88)28-112-70/h11,13-14,33,36-67,69-76,85-106,109H,1,12,15-32H2,2-10H3/b34-13+/t33-,36-,37+,38+,39-,40+,41+,42+,43+,44-,45+,46+,47-,48-,49-,50-,51-,52+,53+,54-,55-,56-,57+,58+,59+,60+,61+,62+,63-,64-,65+,66+,67+,69+,70-,71-,72-,73-,74-,75-,76-,80+,81-,82+,83+,84+/m0/s1. The van der Waals surface area contributed by atoms with Crippen LogP contribution in [0, 0.1) is 50.2 Å². The normalized spacial score (nSPS) is 50.9. The van der Waals surface area contributed by atoms with Crippen LogP contribution in [0.5, 0.6) is 0 Å². The Morgan fingerprint density at radius 2 is 1.01 bits per heavy atom. The van der Waals surface area contributed by atoms with Crippen molar-refractivity contribution in [3.63, 3.8) is 0 Å². The molecule has 0 radical (unpaired) electrons. The van der Waals surface area contributed by atoms with Gasteiger partial charge in [-0.05, 0) is 129 Å². The Morgan fingerprint density at radius 1 is 0.500 bits per heavy atom. The van der Waals surface area contributed by atoms with Crippen molar-refractivity contribution in [3.8, 4) is 0 Å². The first-order valence-corrected chi connectivity index (χ1v) is 43.7. The van der Waals surface area contributed by atoms with Crippen LogP contribution in [0.3, 0.4) is 0 Å².